The lowest BCUT2D eigenvalue weighted by molar-refractivity contribution is -0.141. The maximum atomic E-state index is 14.2. The number of carbonyl (C=O) groups excluding carboxylic acids is 2. The van der Waals surface area contributed by atoms with Crippen molar-refractivity contribution in [2.75, 3.05) is 25.1 Å². The van der Waals surface area contributed by atoms with E-state index in [1.54, 1.807) is 37.4 Å². The van der Waals surface area contributed by atoms with Crippen molar-refractivity contribution in [1.29, 1.82) is 0 Å². The Morgan fingerprint density at radius 2 is 1.55 bits per heavy atom. The normalized spacial score (nSPS) is 12.3. The predicted molar refractivity (Wildman–Crippen MR) is 164 cm³/mol. The third-order valence-corrected chi connectivity index (χ3v) is 8.45. The van der Waals surface area contributed by atoms with Gasteiger partial charge in [-0.3, -0.25) is 13.9 Å². The summed E-state index contributed by atoms with van der Waals surface area (Å²) >= 11 is 6.09. The van der Waals surface area contributed by atoms with Crippen molar-refractivity contribution in [2.45, 2.75) is 57.1 Å². The summed E-state index contributed by atoms with van der Waals surface area (Å²) in [6.07, 6.45) is 0.309. The third kappa shape index (κ3) is 8.39. The number of ether oxygens (including phenoxy) is 2. The molecular formula is C31H38ClN3O6S. The van der Waals surface area contributed by atoms with Crippen molar-refractivity contribution >= 4 is 39.1 Å². The fourth-order valence-corrected chi connectivity index (χ4v) is 5.89. The van der Waals surface area contributed by atoms with Gasteiger partial charge in [0, 0.05) is 17.1 Å². The van der Waals surface area contributed by atoms with Crippen molar-refractivity contribution < 1.29 is 27.5 Å². The van der Waals surface area contributed by atoms with Gasteiger partial charge in [0.15, 0.2) is 0 Å². The lowest BCUT2D eigenvalue weighted by Crippen LogP contribution is -2.55. The van der Waals surface area contributed by atoms with E-state index in [9.17, 15) is 18.0 Å². The number of halogens is 1. The van der Waals surface area contributed by atoms with Crippen LogP contribution in [0.15, 0.2) is 77.7 Å². The number of anilines is 1. The lowest BCUT2D eigenvalue weighted by atomic mass is 10.1. The summed E-state index contributed by atoms with van der Waals surface area (Å²) in [4.78, 5) is 29.0. The second kappa shape index (κ2) is 13.9. The fourth-order valence-electron chi connectivity index (χ4n) is 4.35. The smallest absolute Gasteiger partial charge is 0.264 e. The predicted octanol–water partition coefficient (Wildman–Crippen LogP) is 5.27. The summed E-state index contributed by atoms with van der Waals surface area (Å²) in [6, 6.07) is 18.4. The highest BCUT2D eigenvalue weighted by Gasteiger charge is 2.34. The van der Waals surface area contributed by atoms with Gasteiger partial charge in [-0.25, -0.2) is 8.42 Å². The molecule has 0 heterocycles. The van der Waals surface area contributed by atoms with Crippen molar-refractivity contribution in [3.63, 3.8) is 0 Å². The van der Waals surface area contributed by atoms with Crippen LogP contribution in [0, 0.1) is 0 Å². The number of rotatable bonds is 12. The Balaban J connectivity index is 2.08. The summed E-state index contributed by atoms with van der Waals surface area (Å²) in [5.41, 5.74) is 0.431. The van der Waals surface area contributed by atoms with E-state index in [0.717, 1.165) is 9.87 Å². The van der Waals surface area contributed by atoms with Crippen LogP contribution in [0.1, 0.15) is 39.7 Å². The van der Waals surface area contributed by atoms with Crippen molar-refractivity contribution in [3.05, 3.63) is 83.4 Å². The van der Waals surface area contributed by atoms with Crippen LogP contribution >= 0.6 is 11.6 Å². The number of hydrogen-bond donors (Lipinski definition) is 1. The molecule has 1 atom stereocenters. The van der Waals surface area contributed by atoms with Crippen molar-refractivity contribution in [3.8, 4) is 11.5 Å². The molecule has 2 amide bonds. The van der Waals surface area contributed by atoms with Gasteiger partial charge in [0.2, 0.25) is 11.8 Å². The molecule has 0 aliphatic carbocycles. The van der Waals surface area contributed by atoms with Crippen LogP contribution in [-0.2, 0) is 26.2 Å². The number of benzene rings is 3. The van der Waals surface area contributed by atoms with Gasteiger partial charge in [-0.15, -0.1) is 0 Å². The molecule has 1 N–H and O–H groups in total. The Bertz CT molecular complexity index is 1470. The number of sulfonamides is 1. The van der Waals surface area contributed by atoms with Gasteiger partial charge in [-0.05, 0) is 93.4 Å². The zero-order valence-electron chi connectivity index (χ0n) is 24.8. The van der Waals surface area contributed by atoms with Gasteiger partial charge in [0.05, 0.1) is 24.8 Å². The van der Waals surface area contributed by atoms with Crippen LogP contribution < -0.4 is 19.1 Å². The monoisotopic (exact) mass is 615 g/mol. The second-order valence-corrected chi connectivity index (χ2v) is 13.0. The quantitative estimate of drug-likeness (QED) is 0.297. The molecule has 0 unspecified atom stereocenters. The molecule has 0 spiro atoms. The third-order valence-electron chi connectivity index (χ3n) is 6.41. The maximum absolute atomic E-state index is 14.2. The molecule has 0 saturated heterocycles. The molecule has 0 radical (unpaired) electrons. The SMILES string of the molecule is CC[C@H](C(=O)NC(C)(C)C)N(Cc1cccc(OC)c1)C(=O)CN(c1ccc(Cl)cc1)S(=O)(=O)c1ccc(OC)cc1. The minimum atomic E-state index is -4.22. The van der Waals surface area contributed by atoms with Crippen LogP contribution in [0.5, 0.6) is 11.5 Å². The molecule has 9 nitrogen and oxygen atoms in total. The summed E-state index contributed by atoms with van der Waals surface area (Å²) in [5, 5.41) is 3.37. The van der Waals surface area contributed by atoms with Gasteiger partial charge >= 0.3 is 0 Å². The van der Waals surface area contributed by atoms with E-state index in [4.69, 9.17) is 21.1 Å². The molecule has 0 bridgehead atoms. The van der Waals surface area contributed by atoms with Gasteiger partial charge in [0.1, 0.15) is 24.1 Å². The van der Waals surface area contributed by atoms with Crippen LogP contribution in [-0.4, -0.2) is 57.5 Å². The Labute approximate surface area is 253 Å². The molecule has 226 valence electrons. The van der Waals surface area contributed by atoms with Gasteiger partial charge in [-0.2, -0.15) is 0 Å². The van der Waals surface area contributed by atoms with E-state index in [-0.39, 0.29) is 23.0 Å². The van der Waals surface area contributed by atoms with Gasteiger partial charge in [-0.1, -0.05) is 30.7 Å². The number of hydrogen-bond acceptors (Lipinski definition) is 6. The van der Waals surface area contributed by atoms with Crippen LogP contribution in [0.25, 0.3) is 0 Å². The standard InChI is InChI=1S/C31H38ClN3O6S/c1-7-28(30(37)33-31(2,3)4)34(20-22-9-8-10-26(19-22)41-6)29(36)21-35(24-13-11-23(32)12-14-24)42(38,39)27-17-15-25(40-5)16-18-27/h8-19,28H,7,20-21H2,1-6H3,(H,33,37)/t28-/m1/s1. The molecule has 0 saturated carbocycles. The van der Waals surface area contributed by atoms with Crippen LogP contribution in [0.3, 0.4) is 0 Å². The van der Waals surface area contributed by atoms with E-state index < -0.39 is 34.1 Å². The average molecular weight is 616 g/mol. The van der Waals surface area contributed by atoms with E-state index in [1.165, 1.54) is 48.4 Å². The molecule has 0 aliphatic rings. The first-order valence-electron chi connectivity index (χ1n) is 13.5. The zero-order valence-corrected chi connectivity index (χ0v) is 26.3. The second-order valence-electron chi connectivity index (χ2n) is 10.7. The Kier molecular flexibility index (Phi) is 10.9. The van der Waals surface area contributed by atoms with Crippen LogP contribution in [0.4, 0.5) is 5.69 Å². The highest BCUT2D eigenvalue weighted by Crippen LogP contribution is 2.27. The molecule has 0 aliphatic heterocycles. The first-order chi connectivity index (χ1) is 19.8. The number of nitrogens with one attached hydrogen (secondary N) is 1. The number of methoxy groups -OCH3 is 2. The minimum absolute atomic E-state index is 0.0251. The Morgan fingerprint density at radius 3 is 2.10 bits per heavy atom. The molecule has 3 aromatic carbocycles. The summed E-state index contributed by atoms with van der Waals surface area (Å²) in [7, 11) is -1.19. The van der Waals surface area contributed by atoms with E-state index in [2.05, 4.69) is 5.32 Å². The lowest BCUT2D eigenvalue weighted by Gasteiger charge is -2.34. The fraction of sp³-hybridized carbons (Fsp3) is 0.355. The van der Waals surface area contributed by atoms with Gasteiger partial charge < -0.3 is 19.7 Å². The Hall–Kier alpha value is -3.76. The molecule has 11 heteroatoms. The average Bonchev–Trinajstić information content (AvgIpc) is 2.95. The highest BCUT2D eigenvalue weighted by molar-refractivity contribution is 7.92. The van der Waals surface area contributed by atoms with Gasteiger partial charge in [0.25, 0.3) is 10.0 Å². The number of carbonyl (C=O) groups is 2. The number of nitrogens with zero attached hydrogens (tertiary/aromatic N) is 2. The molecular weight excluding hydrogens is 578 g/mol. The largest absolute Gasteiger partial charge is 0.497 e. The number of amides is 2. The molecule has 42 heavy (non-hydrogen) atoms. The van der Waals surface area contributed by atoms with Crippen LogP contribution in [0.2, 0.25) is 5.02 Å². The summed E-state index contributed by atoms with van der Waals surface area (Å²) < 4.78 is 39.5. The van der Waals surface area contributed by atoms with Crippen molar-refractivity contribution in [2.24, 2.45) is 0 Å². The van der Waals surface area contributed by atoms with Crippen molar-refractivity contribution in [1.82, 2.24) is 10.2 Å². The molecule has 3 rings (SSSR count). The maximum Gasteiger partial charge on any atom is 0.264 e. The highest BCUT2D eigenvalue weighted by atomic mass is 35.5. The summed E-state index contributed by atoms with van der Waals surface area (Å²) in [5.74, 6) is 0.193. The molecule has 0 fully saturated rings. The first-order valence-corrected chi connectivity index (χ1v) is 15.3. The van der Waals surface area contributed by atoms with E-state index in [0.29, 0.717) is 22.9 Å². The van der Waals surface area contributed by atoms with E-state index >= 15 is 0 Å². The zero-order chi connectivity index (χ0) is 31.1. The topological polar surface area (TPSA) is 105 Å². The van der Waals surface area contributed by atoms with E-state index in [1.807, 2.05) is 33.8 Å². The molecule has 0 aromatic heterocycles. The minimum Gasteiger partial charge on any atom is -0.497 e. The first kappa shape index (κ1) is 32.8. The summed E-state index contributed by atoms with van der Waals surface area (Å²) in [6.45, 7) is 6.88. The molecule has 3 aromatic rings. The Morgan fingerprint density at radius 1 is 0.929 bits per heavy atom.